The zero-order valence-electron chi connectivity index (χ0n) is 44.4. The summed E-state index contributed by atoms with van der Waals surface area (Å²) in [5.41, 5.74) is 10.3. The minimum absolute atomic E-state index is 0. The number of rotatable bonds is 17. The second kappa shape index (κ2) is 33.0. The molecule has 0 saturated carbocycles. The molecule has 9 heteroatoms. The summed E-state index contributed by atoms with van der Waals surface area (Å²) < 4.78 is 0. The van der Waals surface area contributed by atoms with Crippen LogP contribution in [-0.2, 0) is 21.1 Å². The van der Waals surface area contributed by atoms with Crippen LogP contribution in [0.15, 0.2) is 218 Å². The fraction of sp³-hybridized carbons (Fsp3) is 0.179. The number of para-hydroxylation sites is 4. The molecule has 9 aromatic rings. The van der Waals surface area contributed by atoms with Crippen LogP contribution in [0.25, 0.3) is 9.75 Å². The molecule has 0 radical (unpaired) electrons. The summed E-state index contributed by atoms with van der Waals surface area (Å²) in [6, 6.07) is 74.5. The topological polar surface area (TPSA) is 26.8 Å². The third kappa shape index (κ3) is 17.4. The van der Waals surface area contributed by atoms with Gasteiger partial charge >= 0.3 is 21.1 Å². The van der Waals surface area contributed by atoms with Crippen LogP contribution < -0.4 is 14.7 Å². The first kappa shape index (κ1) is 60.5. The summed E-state index contributed by atoms with van der Waals surface area (Å²) in [4.78, 5) is 20.9. The van der Waals surface area contributed by atoms with E-state index in [1.807, 2.05) is 66.7 Å². The van der Waals surface area contributed by atoms with Crippen molar-refractivity contribution < 1.29 is 25.9 Å². The van der Waals surface area contributed by atoms with Gasteiger partial charge in [0.15, 0.2) is 6.29 Å². The van der Waals surface area contributed by atoms with Gasteiger partial charge in [-0.1, -0.05) is 137 Å². The minimum Gasteiger partial charge on any atom is -0.366 e. The molecule has 388 valence electrons. The first-order valence-corrected chi connectivity index (χ1v) is 31.1. The van der Waals surface area contributed by atoms with Gasteiger partial charge in [-0.15, -0.1) is 50.9 Å². The molecule has 0 fully saturated rings. The van der Waals surface area contributed by atoms with Crippen LogP contribution >= 0.6 is 38.5 Å². The Morgan fingerprint density at radius 1 is 0.368 bits per heavy atom. The van der Waals surface area contributed by atoms with E-state index >= 15 is 0 Å². The van der Waals surface area contributed by atoms with Gasteiger partial charge in [-0.2, -0.15) is 0 Å². The number of hydrogen-bond donors (Lipinski definition) is 0. The third-order valence-corrected chi connectivity index (χ3v) is 20.0. The van der Waals surface area contributed by atoms with Crippen LogP contribution in [0.4, 0.5) is 51.2 Å². The van der Waals surface area contributed by atoms with E-state index < -0.39 is 0 Å². The molecule has 7 aromatic carbocycles. The number of benzene rings is 7. The molecule has 0 aliphatic rings. The predicted molar refractivity (Wildman–Crippen MR) is 333 cm³/mol. The maximum absolute atomic E-state index is 10.5. The summed E-state index contributed by atoms with van der Waals surface area (Å²) in [7, 11) is 0.892. The Morgan fingerprint density at radius 2 is 0.645 bits per heavy atom. The SMILES string of the molecule is CCP(CC)CC.CCP(CC)CC.[C-]#Cc1ccc(-c2ccc(C=O)s2)s1.[C-]#Cc1ccc(N(c2ccc(N(c3ccccc3)c3ccccc3)cc2)c2ccc(N(c3ccccc3)c3ccccc3)cc2)cc1.[Pt+2]. The van der Waals surface area contributed by atoms with Crippen LogP contribution in [0.3, 0.4) is 0 Å². The Kier molecular flexibility index (Phi) is 26.3. The first-order chi connectivity index (χ1) is 36.8. The van der Waals surface area contributed by atoms with Crippen molar-refractivity contribution in [3.63, 3.8) is 0 Å². The summed E-state index contributed by atoms with van der Waals surface area (Å²) in [6.07, 6.45) is 23.9. The molecule has 0 aliphatic heterocycles. The monoisotopic (exact) mass is 1250 g/mol. The number of carbonyl (C=O) groups is 1. The van der Waals surface area contributed by atoms with E-state index in [4.69, 9.17) is 12.8 Å². The molecule has 76 heavy (non-hydrogen) atoms. The standard InChI is InChI=1S/C44H32N3.C11H5OS2.2C6H15P.Pt/c1-2-35-23-25-40(26-24-35)47(43-31-27-41(28-32-43)45(36-15-7-3-8-16-36)37-17-9-4-10-18-37)44-33-29-42(30-34-44)46(38-19-11-5-12-20-38)39-21-13-6-14-22-39;1-2-8-3-5-10(13-8)11-6-4-9(7-12)14-11;2*1-4-7(5-2)6-3;/h3-34H;3-7H;2*4-6H2,1-3H3;/q2*-1;;;+2. The number of aldehydes is 1. The normalized spacial score (nSPS) is 10.2. The molecule has 0 N–H and O–H groups in total. The Balaban J connectivity index is 0.000000299. The van der Waals surface area contributed by atoms with Gasteiger partial charge in [0.05, 0.1) is 4.88 Å². The number of thiophene rings is 2. The molecule has 0 aliphatic carbocycles. The molecule has 0 bridgehead atoms. The van der Waals surface area contributed by atoms with E-state index in [0.29, 0.717) is 15.8 Å². The Labute approximate surface area is 479 Å². The predicted octanol–water partition coefficient (Wildman–Crippen LogP) is 20.3. The van der Waals surface area contributed by atoms with E-state index in [0.717, 1.165) is 82.5 Å². The van der Waals surface area contributed by atoms with Gasteiger partial charge in [0, 0.05) is 60.9 Å². The van der Waals surface area contributed by atoms with Gasteiger partial charge in [-0.3, -0.25) is 16.6 Å². The Bertz CT molecular complexity index is 2880. The number of nitrogens with zero attached hydrogens (tertiary/aromatic N) is 3. The molecule has 0 atom stereocenters. The maximum atomic E-state index is 10.5. The fourth-order valence-electron chi connectivity index (χ4n) is 8.27. The van der Waals surface area contributed by atoms with Gasteiger partial charge in [-0.25, -0.2) is 11.3 Å². The van der Waals surface area contributed by atoms with Crippen LogP contribution in [0.1, 0.15) is 61.7 Å². The van der Waals surface area contributed by atoms with E-state index in [2.05, 4.69) is 214 Å². The molecule has 0 saturated heterocycles. The molecule has 2 heterocycles. The molecule has 4 nitrogen and oxygen atoms in total. The van der Waals surface area contributed by atoms with Crippen molar-refractivity contribution in [1.82, 2.24) is 0 Å². The van der Waals surface area contributed by atoms with Crippen molar-refractivity contribution in [2.75, 3.05) is 51.7 Å². The largest absolute Gasteiger partial charge is 2.00 e. The van der Waals surface area contributed by atoms with Crippen molar-refractivity contribution in [1.29, 1.82) is 0 Å². The first-order valence-electron chi connectivity index (χ1n) is 25.7. The molecule has 0 spiro atoms. The van der Waals surface area contributed by atoms with Gasteiger partial charge in [-0.05, 0) is 146 Å². The van der Waals surface area contributed by atoms with Gasteiger partial charge < -0.3 is 27.5 Å². The third-order valence-electron chi connectivity index (χ3n) is 12.5. The molecular formula is C67H67N3OP2PtS2. The van der Waals surface area contributed by atoms with Crippen molar-refractivity contribution in [2.24, 2.45) is 0 Å². The molecule has 9 rings (SSSR count). The van der Waals surface area contributed by atoms with Gasteiger partial charge in [0.2, 0.25) is 0 Å². The number of anilines is 9. The Hall–Kier alpha value is -6.32. The summed E-state index contributed by atoms with van der Waals surface area (Å²) in [5, 5.41) is 0. The molecule has 0 amide bonds. The van der Waals surface area contributed by atoms with Crippen LogP contribution in [0, 0.1) is 24.7 Å². The molecule has 0 unspecified atom stereocenters. The second-order valence-electron chi connectivity index (χ2n) is 16.9. The zero-order valence-corrected chi connectivity index (χ0v) is 50.1. The van der Waals surface area contributed by atoms with E-state index in [1.165, 1.54) is 59.6 Å². The van der Waals surface area contributed by atoms with E-state index in [9.17, 15) is 4.79 Å². The van der Waals surface area contributed by atoms with Crippen molar-refractivity contribution >= 4 is 96.0 Å². The summed E-state index contributed by atoms with van der Waals surface area (Å²) in [5.74, 6) is 4.84. The average molecular weight is 1250 g/mol. The summed E-state index contributed by atoms with van der Waals surface area (Å²) >= 11 is 2.97. The second-order valence-corrected chi connectivity index (χ2v) is 25.6. The van der Waals surface area contributed by atoms with Gasteiger partial charge in [0.25, 0.3) is 0 Å². The average Bonchev–Trinajstić information content (AvgIpc) is 4.18. The van der Waals surface area contributed by atoms with Crippen molar-refractivity contribution in [3.8, 4) is 21.6 Å². The molecule has 2 aromatic heterocycles. The quantitative estimate of drug-likeness (QED) is 0.0393. The van der Waals surface area contributed by atoms with E-state index in [1.54, 1.807) is 6.07 Å². The minimum atomic E-state index is 0. The van der Waals surface area contributed by atoms with Crippen LogP contribution in [0.2, 0.25) is 0 Å². The Morgan fingerprint density at radius 3 is 0.882 bits per heavy atom. The fourth-order valence-corrected chi connectivity index (χ4v) is 12.7. The zero-order chi connectivity index (χ0) is 53.2. The van der Waals surface area contributed by atoms with Crippen LogP contribution in [-0.4, -0.2) is 43.3 Å². The van der Waals surface area contributed by atoms with E-state index in [-0.39, 0.29) is 21.1 Å². The van der Waals surface area contributed by atoms with Crippen molar-refractivity contribution in [2.45, 2.75) is 41.5 Å². The summed E-state index contributed by atoms with van der Waals surface area (Å²) in [6.45, 7) is 13.7. The molecular weight excluding hydrogens is 1180 g/mol. The smallest absolute Gasteiger partial charge is 0.366 e. The number of carbonyl (C=O) groups excluding carboxylic acids is 1. The van der Waals surface area contributed by atoms with Crippen molar-refractivity contribution in [3.05, 3.63) is 247 Å². The maximum Gasteiger partial charge on any atom is 2.00 e. The van der Waals surface area contributed by atoms with Gasteiger partial charge in [0.1, 0.15) is 0 Å². The number of hydrogen-bond acceptors (Lipinski definition) is 6. The van der Waals surface area contributed by atoms with Crippen LogP contribution in [0.5, 0.6) is 0 Å².